The highest BCUT2D eigenvalue weighted by molar-refractivity contribution is 5.92. The SMILES string of the molecule is Cn1c(C(=O)N2CCc3oc(Cc4ccccc4)nc3C2)cc(=O)n(C)c1=O. The summed E-state index contributed by atoms with van der Waals surface area (Å²) in [6, 6.07) is 11.1. The molecule has 0 fully saturated rings. The molecule has 2 aromatic heterocycles. The molecule has 8 heteroatoms. The lowest BCUT2D eigenvalue weighted by Gasteiger charge is -2.26. The highest BCUT2D eigenvalue weighted by Gasteiger charge is 2.28. The van der Waals surface area contributed by atoms with Gasteiger partial charge in [0.05, 0.1) is 6.54 Å². The zero-order valence-electron chi connectivity index (χ0n) is 15.7. The van der Waals surface area contributed by atoms with Crippen LogP contribution in [0.1, 0.15) is 33.4 Å². The average Bonchev–Trinajstić information content (AvgIpc) is 3.10. The van der Waals surface area contributed by atoms with Gasteiger partial charge in [0.15, 0.2) is 5.89 Å². The van der Waals surface area contributed by atoms with E-state index >= 15 is 0 Å². The highest BCUT2D eigenvalue weighted by Crippen LogP contribution is 2.22. The van der Waals surface area contributed by atoms with Crippen LogP contribution in [0.5, 0.6) is 0 Å². The van der Waals surface area contributed by atoms with Gasteiger partial charge in [0.25, 0.3) is 11.5 Å². The predicted octanol–water partition coefficient (Wildman–Crippen LogP) is 0.861. The summed E-state index contributed by atoms with van der Waals surface area (Å²) in [7, 11) is 2.87. The molecule has 0 bridgehead atoms. The van der Waals surface area contributed by atoms with Gasteiger partial charge in [0, 0.05) is 39.5 Å². The van der Waals surface area contributed by atoms with E-state index < -0.39 is 11.2 Å². The summed E-state index contributed by atoms with van der Waals surface area (Å²) in [6.07, 6.45) is 1.13. The minimum absolute atomic E-state index is 0.0737. The van der Waals surface area contributed by atoms with Crippen LogP contribution in [0.25, 0.3) is 0 Å². The lowest BCUT2D eigenvalue weighted by molar-refractivity contribution is 0.0715. The number of carbonyl (C=O) groups excluding carboxylic acids is 1. The number of aromatic nitrogens is 3. The van der Waals surface area contributed by atoms with E-state index in [1.54, 1.807) is 4.90 Å². The van der Waals surface area contributed by atoms with Gasteiger partial charge in [-0.05, 0) is 5.56 Å². The normalized spacial score (nSPS) is 13.4. The number of nitrogens with zero attached hydrogens (tertiary/aromatic N) is 4. The van der Waals surface area contributed by atoms with Gasteiger partial charge < -0.3 is 9.32 Å². The molecular formula is C20H20N4O4. The quantitative estimate of drug-likeness (QED) is 0.672. The van der Waals surface area contributed by atoms with Crippen LogP contribution in [0.3, 0.4) is 0 Å². The molecule has 0 radical (unpaired) electrons. The Kier molecular flexibility index (Phi) is 4.46. The number of amides is 1. The molecule has 1 amide bonds. The molecule has 144 valence electrons. The maximum atomic E-state index is 12.9. The lowest BCUT2D eigenvalue weighted by atomic mass is 10.1. The Morgan fingerprint density at radius 1 is 1.14 bits per heavy atom. The number of hydrogen-bond donors (Lipinski definition) is 0. The molecule has 3 heterocycles. The smallest absolute Gasteiger partial charge is 0.331 e. The highest BCUT2D eigenvalue weighted by atomic mass is 16.4. The second-order valence-electron chi connectivity index (χ2n) is 6.88. The summed E-state index contributed by atoms with van der Waals surface area (Å²) in [5.74, 6) is 1.04. The Morgan fingerprint density at radius 2 is 1.89 bits per heavy atom. The van der Waals surface area contributed by atoms with E-state index in [2.05, 4.69) is 4.98 Å². The van der Waals surface area contributed by atoms with Gasteiger partial charge in [-0.2, -0.15) is 0 Å². The molecule has 1 aliphatic rings. The maximum absolute atomic E-state index is 12.9. The Labute approximate surface area is 160 Å². The van der Waals surface area contributed by atoms with E-state index in [-0.39, 0.29) is 18.1 Å². The number of rotatable bonds is 3. The average molecular weight is 380 g/mol. The van der Waals surface area contributed by atoms with Crippen molar-refractivity contribution in [2.75, 3.05) is 6.54 Å². The fraction of sp³-hybridized carbons (Fsp3) is 0.300. The molecule has 0 aliphatic carbocycles. The Hall–Kier alpha value is -3.42. The van der Waals surface area contributed by atoms with E-state index in [1.807, 2.05) is 30.3 Å². The van der Waals surface area contributed by atoms with Crippen LogP contribution >= 0.6 is 0 Å². The third-order valence-electron chi connectivity index (χ3n) is 5.00. The van der Waals surface area contributed by atoms with E-state index in [0.29, 0.717) is 25.3 Å². The second-order valence-corrected chi connectivity index (χ2v) is 6.88. The number of hydrogen-bond acceptors (Lipinski definition) is 5. The van der Waals surface area contributed by atoms with Crippen LogP contribution in [0.2, 0.25) is 0 Å². The molecule has 8 nitrogen and oxygen atoms in total. The Bertz CT molecular complexity index is 1160. The largest absolute Gasteiger partial charge is 0.445 e. The van der Waals surface area contributed by atoms with Crippen molar-refractivity contribution in [1.82, 2.24) is 19.0 Å². The molecule has 0 spiro atoms. The Morgan fingerprint density at radius 3 is 2.64 bits per heavy atom. The fourth-order valence-corrected chi connectivity index (χ4v) is 3.37. The molecule has 0 saturated carbocycles. The number of oxazole rings is 1. The summed E-state index contributed by atoms with van der Waals surface area (Å²) in [6.45, 7) is 0.727. The van der Waals surface area contributed by atoms with Crippen molar-refractivity contribution in [3.05, 3.63) is 85.8 Å². The molecule has 1 aliphatic heterocycles. The molecule has 0 N–H and O–H groups in total. The number of benzene rings is 1. The molecule has 4 rings (SSSR count). The zero-order valence-corrected chi connectivity index (χ0v) is 15.7. The van der Waals surface area contributed by atoms with Crippen molar-refractivity contribution < 1.29 is 9.21 Å². The van der Waals surface area contributed by atoms with Crippen LogP contribution < -0.4 is 11.2 Å². The molecule has 0 saturated heterocycles. The van der Waals surface area contributed by atoms with Crippen LogP contribution in [0.15, 0.2) is 50.4 Å². The first-order chi connectivity index (χ1) is 13.4. The van der Waals surface area contributed by atoms with Crippen LogP contribution in [-0.4, -0.2) is 31.5 Å². The maximum Gasteiger partial charge on any atom is 0.331 e. The van der Waals surface area contributed by atoms with Crippen LogP contribution in [-0.2, 0) is 33.5 Å². The first-order valence-electron chi connectivity index (χ1n) is 9.01. The first kappa shape index (κ1) is 18.0. The molecule has 0 unspecified atom stereocenters. The fourth-order valence-electron chi connectivity index (χ4n) is 3.37. The van der Waals surface area contributed by atoms with Gasteiger partial charge in [-0.3, -0.25) is 18.7 Å². The van der Waals surface area contributed by atoms with Crippen LogP contribution in [0.4, 0.5) is 0 Å². The first-order valence-corrected chi connectivity index (χ1v) is 9.01. The van der Waals surface area contributed by atoms with Crippen molar-refractivity contribution in [3.8, 4) is 0 Å². The lowest BCUT2D eigenvalue weighted by Crippen LogP contribution is -2.43. The third-order valence-corrected chi connectivity index (χ3v) is 5.00. The van der Waals surface area contributed by atoms with Gasteiger partial charge in [-0.15, -0.1) is 0 Å². The zero-order chi connectivity index (χ0) is 19.8. The molecular weight excluding hydrogens is 360 g/mol. The molecule has 3 aromatic rings. The number of carbonyl (C=O) groups is 1. The van der Waals surface area contributed by atoms with E-state index in [4.69, 9.17) is 4.42 Å². The topological polar surface area (TPSA) is 90.3 Å². The summed E-state index contributed by atoms with van der Waals surface area (Å²) in [5, 5.41) is 0. The minimum Gasteiger partial charge on any atom is -0.445 e. The van der Waals surface area contributed by atoms with Crippen molar-refractivity contribution in [3.63, 3.8) is 0 Å². The Balaban J connectivity index is 1.57. The van der Waals surface area contributed by atoms with Crippen molar-refractivity contribution in [2.24, 2.45) is 14.1 Å². The molecule has 0 atom stereocenters. The number of fused-ring (bicyclic) bond motifs is 1. The van der Waals surface area contributed by atoms with Gasteiger partial charge in [0.2, 0.25) is 0 Å². The van der Waals surface area contributed by atoms with Gasteiger partial charge in [0.1, 0.15) is 17.1 Å². The summed E-state index contributed by atoms with van der Waals surface area (Å²) in [5.41, 5.74) is 0.865. The van der Waals surface area contributed by atoms with Crippen molar-refractivity contribution in [2.45, 2.75) is 19.4 Å². The van der Waals surface area contributed by atoms with Gasteiger partial charge in [-0.1, -0.05) is 30.3 Å². The summed E-state index contributed by atoms with van der Waals surface area (Å²) >= 11 is 0. The predicted molar refractivity (Wildman–Crippen MR) is 101 cm³/mol. The van der Waals surface area contributed by atoms with E-state index in [1.165, 1.54) is 24.7 Å². The van der Waals surface area contributed by atoms with E-state index in [0.717, 1.165) is 21.6 Å². The molecule has 28 heavy (non-hydrogen) atoms. The molecule has 1 aromatic carbocycles. The van der Waals surface area contributed by atoms with Gasteiger partial charge >= 0.3 is 5.69 Å². The van der Waals surface area contributed by atoms with Crippen molar-refractivity contribution in [1.29, 1.82) is 0 Å². The summed E-state index contributed by atoms with van der Waals surface area (Å²) < 4.78 is 8.03. The van der Waals surface area contributed by atoms with Gasteiger partial charge in [-0.25, -0.2) is 9.78 Å². The minimum atomic E-state index is -0.528. The monoisotopic (exact) mass is 380 g/mol. The third kappa shape index (κ3) is 3.17. The summed E-state index contributed by atoms with van der Waals surface area (Å²) in [4.78, 5) is 43.1. The second kappa shape index (κ2) is 6.95. The van der Waals surface area contributed by atoms with Crippen LogP contribution in [0, 0.1) is 0 Å². The van der Waals surface area contributed by atoms with E-state index in [9.17, 15) is 14.4 Å². The van der Waals surface area contributed by atoms with Crippen molar-refractivity contribution >= 4 is 5.91 Å². The standard InChI is InChI=1S/C20H20N4O4/c1-22-15(11-18(25)23(2)20(22)27)19(26)24-9-8-16-14(12-24)21-17(28-16)10-13-6-4-3-5-7-13/h3-7,11H,8-10,12H2,1-2H3.